The molecule has 8 heteroatoms. The highest BCUT2D eigenvalue weighted by molar-refractivity contribution is 7.99. The number of carboxylic acid groups (broad SMARTS) is 1. The van der Waals surface area contributed by atoms with E-state index in [1.807, 2.05) is 13.8 Å². The molecule has 1 atom stereocenters. The van der Waals surface area contributed by atoms with Crippen molar-refractivity contribution in [3.05, 3.63) is 34.9 Å². The Morgan fingerprint density at radius 2 is 1.86 bits per heavy atom. The number of rotatable bonds is 9. The normalized spacial score (nSPS) is 16.7. The summed E-state index contributed by atoms with van der Waals surface area (Å²) in [6.45, 7) is 4.38. The van der Waals surface area contributed by atoms with Gasteiger partial charge in [0, 0.05) is 23.3 Å². The number of carbonyl (C=O) groups excluding carboxylic acids is 2. The van der Waals surface area contributed by atoms with E-state index < -0.39 is 17.8 Å². The highest BCUT2D eigenvalue weighted by atomic mass is 32.2. The van der Waals surface area contributed by atoms with Gasteiger partial charge in [-0.3, -0.25) is 14.4 Å². The van der Waals surface area contributed by atoms with Crippen molar-refractivity contribution in [3.63, 3.8) is 0 Å². The van der Waals surface area contributed by atoms with Crippen molar-refractivity contribution >= 4 is 29.4 Å². The fourth-order valence-electron chi connectivity index (χ4n) is 3.22. The summed E-state index contributed by atoms with van der Waals surface area (Å²) in [7, 11) is 2.96. The van der Waals surface area contributed by atoms with Crippen molar-refractivity contribution in [2.45, 2.75) is 25.6 Å². The van der Waals surface area contributed by atoms with Crippen LogP contribution in [0.15, 0.2) is 29.3 Å². The molecule has 1 aromatic carbocycles. The van der Waals surface area contributed by atoms with Crippen molar-refractivity contribution in [1.82, 2.24) is 4.90 Å². The Kier molecular flexibility index (Phi) is 7.12. The van der Waals surface area contributed by atoms with Crippen molar-refractivity contribution in [1.29, 1.82) is 0 Å². The fraction of sp³-hybridized carbons (Fsp3) is 0.450. The number of carboxylic acids is 1. The standard InChI is InChI=1S/C20H25NO6S/c1-11(2)10-21-19(25)13(9-16(22)23)17(20(21)28-5)18(24)12-6-7-14(26-3)15(8-12)27-4/h6-8,11,20H,9-10H2,1-5H3,(H,22,23). The van der Waals surface area contributed by atoms with Gasteiger partial charge in [0.25, 0.3) is 5.91 Å². The van der Waals surface area contributed by atoms with Crippen LogP contribution in [0.3, 0.4) is 0 Å². The van der Waals surface area contributed by atoms with Gasteiger partial charge >= 0.3 is 5.97 Å². The first-order valence-corrected chi connectivity index (χ1v) is 10.1. The molecule has 1 unspecified atom stereocenters. The molecule has 2 rings (SSSR count). The Bertz CT molecular complexity index is 817. The minimum absolute atomic E-state index is 0.0484. The van der Waals surface area contributed by atoms with Crippen molar-refractivity contribution in [3.8, 4) is 11.5 Å². The van der Waals surface area contributed by atoms with Crippen molar-refractivity contribution < 1.29 is 29.0 Å². The third kappa shape index (κ3) is 4.32. The molecule has 0 aliphatic carbocycles. The van der Waals surface area contributed by atoms with E-state index in [-0.39, 0.29) is 28.8 Å². The number of ketones is 1. The molecule has 1 aliphatic rings. The minimum Gasteiger partial charge on any atom is -0.493 e. The summed E-state index contributed by atoms with van der Waals surface area (Å²) in [4.78, 5) is 39.2. The Hall–Kier alpha value is -2.48. The minimum atomic E-state index is -1.15. The predicted octanol–water partition coefficient (Wildman–Crippen LogP) is 2.85. The number of methoxy groups -OCH3 is 2. The summed E-state index contributed by atoms with van der Waals surface area (Å²) >= 11 is 1.34. The first-order valence-electron chi connectivity index (χ1n) is 8.80. The van der Waals surface area contributed by atoms with Crippen LogP contribution in [-0.2, 0) is 9.59 Å². The number of Topliss-reactive ketones (excluding diaryl/α,β-unsaturated/α-hetero) is 1. The monoisotopic (exact) mass is 407 g/mol. The first kappa shape index (κ1) is 21.8. The smallest absolute Gasteiger partial charge is 0.308 e. The maximum atomic E-state index is 13.3. The Morgan fingerprint density at radius 1 is 1.21 bits per heavy atom. The van der Waals surface area contributed by atoms with Gasteiger partial charge in [-0.1, -0.05) is 13.8 Å². The zero-order valence-electron chi connectivity index (χ0n) is 16.6. The van der Waals surface area contributed by atoms with Crippen molar-refractivity contribution in [2.24, 2.45) is 5.92 Å². The van der Waals surface area contributed by atoms with Crippen LogP contribution in [0.5, 0.6) is 11.5 Å². The molecule has 1 aromatic rings. The summed E-state index contributed by atoms with van der Waals surface area (Å²) in [5.74, 6) is -0.871. The number of thioether (sulfide) groups is 1. The van der Waals surface area contributed by atoms with Crippen LogP contribution in [-0.4, -0.2) is 60.1 Å². The molecule has 0 fully saturated rings. The maximum Gasteiger partial charge on any atom is 0.308 e. The summed E-state index contributed by atoms with van der Waals surface area (Å²) in [6, 6.07) is 4.74. The first-order chi connectivity index (χ1) is 13.2. The van der Waals surface area contributed by atoms with Gasteiger partial charge in [-0.05, 0) is 30.4 Å². The highest BCUT2D eigenvalue weighted by Gasteiger charge is 2.42. The van der Waals surface area contributed by atoms with Crippen LogP contribution >= 0.6 is 11.8 Å². The molecule has 7 nitrogen and oxygen atoms in total. The largest absolute Gasteiger partial charge is 0.493 e. The number of ether oxygens (including phenoxy) is 2. The van der Waals surface area contributed by atoms with Gasteiger partial charge in [0.15, 0.2) is 17.3 Å². The third-order valence-corrected chi connectivity index (χ3v) is 5.31. The molecule has 0 radical (unpaired) electrons. The zero-order valence-corrected chi connectivity index (χ0v) is 17.5. The molecular weight excluding hydrogens is 382 g/mol. The van der Waals surface area contributed by atoms with Crippen LogP contribution in [0.2, 0.25) is 0 Å². The number of hydrogen-bond acceptors (Lipinski definition) is 6. The fourth-order valence-corrected chi connectivity index (χ4v) is 4.14. The number of hydrogen-bond donors (Lipinski definition) is 1. The average molecular weight is 407 g/mol. The Labute approximate surface area is 168 Å². The van der Waals surface area contributed by atoms with Crippen LogP contribution in [0.4, 0.5) is 0 Å². The van der Waals surface area contributed by atoms with Crippen molar-refractivity contribution in [2.75, 3.05) is 27.0 Å². The summed E-state index contributed by atoms with van der Waals surface area (Å²) < 4.78 is 10.5. The van der Waals surface area contributed by atoms with E-state index in [1.165, 1.54) is 26.0 Å². The summed E-state index contributed by atoms with van der Waals surface area (Å²) in [5.41, 5.74) is 0.592. The van der Waals surface area contributed by atoms with E-state index in [0.717, 1.165) is 0 Å². The second-order valence-electron chi connectivity index (χ2n) is 6.80. The van der Waals surface area contributed by atoms with E-state index in [4.69, 9.17) is 9.47 Å². The average Bonchev–Trinajstić information content (AvgIpc) is 2.91. The Morgan fingerprint density at radius 3 is 2.36 bits per heavy atom. The van der Waals surface area contributed by atoms with E-state index in [1.54, 1.807) is 29.4 Å². The third-order valence-electron chi connectivity index (χ3n) is 4.38. The highest BCUT2D eigenvalue weighted by Crippen LogP contribution is 2.37. The molecule has 0 aromatic heterocycles. The second-order valence-corrected chi connectivity index (χ2v) is 7.72. The molecule has 0 spiro atoms. The van der Waals surface area contributed by atoms with Crippen LogP contribution in [0.25, 0.3) is 0 Å². The molecule has 152 valence electrons. The van der Waals surface area contributed by atoms with Gasteiger partial charge in [0.05, 0.1) is 20.6 Å². The molecule has 0 bridgehead atoms. The lowest BCUT2D eigenvalue weighted by molar-refractivity contribution is -0.137. The second kappa shape index (κ2) is 9.14. The number of benzene rings is 1. The zero-order chi connectivity index (χ0) is 21.0. The van der Waals surface area contributed by atoms with E-state index >= 15 is 0 Å². The van der Waals surface area contributed by atoms with Gasteiger partial charge in [0.2, 0.25) is 0 Å². The summed E-state index contributed by atoms with van der Waals surface area (Å²) in [5, 5.41) is 8.76. The van der Waals surface area contributed by atoms with Gasteiger partial charge in [-0.2, -0.15) is 0 Å². The van der Waals surface area contributed by atoms with Crippen LogP contribution in [0.1, 0.15) is 30.6 Å². The molecule has 28 heavy (non-hydrogen) atoms. The van der Waals surface area contributed by atoms with Gasteiger partial charge in [0.1, 0.15) is 5.37 Å². The molecule has 1 N–H and O–H groups in total. The lowest BCUT2D eigenvalue weighted by Crippen LogP contribution is -2.37. The van der Waals surface area contributed by atoms with E-state index in [0.29, 0.717) is 23.6 Å². The predicted molar refractivity (Wildman–Crippen MR) is 107 cm³/mol. The SMILES string of the molecule is COc1ccc(C(=O)C2=C(CC(=O)O)C(=O)N(CC(C)C)C2SC)cc1OC. The number of amides is 1. The topological polar surface area (TPSA) is 93.1 Å². The number of aliphatic carboxylic acids is 1. The molecular formula is C20H25NO6S. The Balaban J connectivity index is 2.55. The maximum absolute atomic E-state index is 13.3. The molecule has 1 heterocycles. The van der Waals surface area contributed by atoms with Crippen LogP contribution < -0.4 is 9.47 Å². The molecule has 1 aliphatic heterocycles. The number of nitrogens with zero attached hydrogens (tertiary/aromatic N) is 1. The summed E-state index contributed by atoms with van der Waals surface area (Å²) in [6.07, 6.45) is 1.32. The van der Waals surface area contributed by atoms with Crippen LogP contribution in [0, 0.1) is 5.92 Å². The lowest BCUT2D eigenvalue weighted by atomic mass is 9.98. The molecule has 0 saturated carbocycles. The van der Waals surface area contributed by atoms with E-state index in [9.17, 15) is 19.5 Å². The lowest BCUT2D eigenvalue weighted by Gasteiger charge is -2.27. The van der Waals surface area contributed by atoms with Gasteiger partial charge in [-0.25, -0.2) is 0 Å². The molecule has 1 amide bonds. The van der Waals surface area contributed by atoms with Gasteiger partial charge in [-0.15, -0.1) is 11.8 Å². The quantitative estimate of drug-likeness (QED) is 0.629. The van der Waals surface area contributed by atoms with Gasteiger partial charge < -0.3 is 19.5 Å². The number of carbonyl (C=O) groups is 3. The van der Waals surface area contributed by atoms with E-state index in [2.05, 4.69) is 0 Å². The molecule has 0 saturated heterocycles.